The van der Waals surface area contributed by atoms with E-state index in [0.717, 1.165) is 30.3 Å². The zero-order valence-electron chi connectivity index (χ0n) is 10.9. The van der Waals surface area contributed by atoms with Gasteiger partial charge in [-0.2, -0.15) is 0 Å². The number of nitrogens with zero attached hydrogens (tertiary/aromatic N) is 1. The van der Waals surface area contributed by atoms with Crippen molar-refractivity contribution < 1.29 is 4.79 Å². The normalized spacial score (nSPS) is 18.4. The van der Waals surface area contributed by atoms with Crippen LogP contribution in [0.15, 0.2) is 30.3 Å². The molecule has 2 aromatic rings. The van der Waals surface area contributed by atoms with Gasteiger partial charge in [0.1, 0.15) is 5.69 Å². The van der Waals surface area contributed by atoms with Crippen LogP contribution in [-0.4, -0.2) is 27.9 Å². The molecule has 94 valence electrons. The van der Waals surface area contributed by atoms with E-state index in [-0.39, 0.29) is 11.4 Å². The molecule has 0 aliphatic carbocycles. The maximum Gasteiger partial charge on any atom is 0.270 e. The van der Waals surface area contributed by atoms with E-state index in [1.165, 1.54) is 0 Å². The molecule has 0 bridgehead atoms. The van der Waals surface area contributed by atoms with Gasteiger partial charge in [0.2, 0.25) is 0 Å². The summed E-state index contributed by atoms with van der Waals surface area (Å²) >= 11 is 0. The number of hydrogen-bond acceptors (Lipinski definition) is 1. The van der Waals surface area contributed by atoms with E-state index < -0.39 is 0 Å². The number of likely N-dealkylation sites (tertiary alicyclic amines) is 1. The van der Waals surface area contributed by atoms with Crippen LogP contribution in [0.25, 0.3) is 10.9 Å². The van der Waals surface area contributed by atoms with Gasteiger partial charge in [0.25, 0.3) is 5.91 Å². The number of carbonyl (C=O) groups is 1. The van der Waals surface area contributed by atoms with Gasteiger partial charge in [-0.1, -0.05) is 18.2 Å². The predicted molar refractivity (Wildman–Crippen MR) is 72.6 cm³/mol. The first-order valence-electron chi connectivity index (χ1n) is 6.48. The molecule has 3 heteroatoms. The molecule has 2 heterocycles. The highest BCUT2D eigenvalue weighted by Gasteiger charge is 2.36. The Hall–Kier alpha value is -1.77. The third-order valence-corrected chi connectivity index (χ3v) is 3.91. The number of aromatic nitrogens is 1. The fourth-order valence-electron chi connectivity index (χ4n) is 2.82. The molecular formula is C15H18N2O. The third kappa shape index (κ3) is 1.70. The summed E-state index contributed by atoms with van der Waals surface area (Å²) in [6, 6.07) is 9.95. The second-order valence-corrected chi connectivity index (χ2v) is 5.64. The summed E-state index contributed by atoms with van der Waals surface area (Å²) in [5, 5.41) is 1.10. The van der Waals surface area contributed by atoms with Crippen LogP contribution in [0.4, 0.5) is 0 Å². The van der Waals surface area contributed by atoms with Crippen LogP contribution < -0.4 is 0 Å². The molecule has 18 heavy (non-hydrogen) atoms. The molecule has 1 fully saturated rings. The largest absolute Gasteiger partial charge is 0.351 e. The number of rotatable bonds is 1. The van der Waals surface area contributed by atoms with Gasteiger partial charge in [-0.05, 0) is 38.8 Å². The van der Waals surface area contributed by atoms with Gasteiger partial charge in [0.15, 0.2) is 0 Å². The maximum atomic E-state index is 12.5. The van der Waals surface area contributed by atoms with Crippen molar-refractivity contribution >= 4 is 16.8 Å². The van der Waals surface area contributed by atoms with Crippen LogP contribution in [0.3, 0.4) is 0 Å². The van der Waals surface area contributed by atoms with Gasteiger partial charge < -0.3 is 9.88 Å². The first-order chi connectivity index (χ1) is 8.58. The zero-order valence-corrected chi connectivity index (χ0v) is 10.9. The number of nitrogens with one attached hydrogen (secondary N) is 1. The van der Waals surface area contributed by atoms with Crippen LogP contribution in [0.1, 0.15) is 37.2 Å². The molecule has 1 aromatic heterocycles. The highest BCUT2D eigenvalue weighted by molar-refractivity contribution is 5.98. The van der Waals surface area contributed by atoms with Crippen LogP contribution in [-0.2, 0) is 0 Å². The van der Waals surface area contributed by atoms with Gasteiger partial charge in [-0.3, -0.25) is 4.79 Å². The molecule has 0 saturated carbocycles. The standard InChI is InChI=1S/C15H18N2O/c1-15(2)8-5-9-17(15)14(18)13-10-11-6-3-4-7-12(11)16-13/h3-4,6-7,10,16H,5,8-9H2,1-2H3. The summed E-state index contributed by atoms with van der Waals surface area (Å²) in [7, 11) is 0. The van der Waals surface area contributed by atoms with Crippen molar-refractivity contribution in [2.75, 3.05) is 6.54 Å². The van der Waals surface area contributed by atoms with Crippen molar-refractivity contribution in [3.63, 3.8) is 0 Å². The summed E-state index contributed by atoms with van der Waals surface area (Å²) in [4.78, 5) is 17.7. The second-order valence-electron chi connectivity index (χ2n) is 5.64. The Kier molecular flexibility index (Phi) is 2.44. The molecule has 0 atom stereocenters. The Morgan fingerprint density at radius 2 is 2.11 bits per heavy atom. The summed E-state index contributed by atoms with van der Waals surface area (Å²) in [6.45, 7) is 5.14. The fourth-order valence-corrected chi connectivity index (χ4v) is 2.82. The number of para-hydroxylation sites is 1. The SMILES string of the molecule is CC1(C)CCCN1C(=O)c1cc2ccccc2[nH]1. The van der Waals surface area contributed by atoms with Crippen LogP contribution >= 0.6 is 0 Å². The van der Waals surface area contributed by atoms with E-state index in [0.29, 0.717) is 5.69 Å². The first kappa shape index (κ1) is 11.3. The average molecular weight is 242 g/mol. The number of hydrogen-bond donors (Lipinski definition) is 1. The number of aromatic amines is 1. The fraction of sp³-hybridized carbons (Fsp3) is 0.400. The summed E-state index contributed by atoms with van der Waals surface area (Å²) in [6.07, 6.45) is 2.18. The Bertz CT molecular complexity index is 564. The zero-order chi connectivity index (χ0) is 12.8. The van der Waals surface area contributed by atoms with E-state index in [9.17, 15) is 4.79 Å². The summed E-state index contributed by atoms with van der Waals surface area (Å²) in [5.41, 5.74) is 1.71. The first-order valence-corrected chi connectivity index (χ1v) is 6.48. The molecule has 3 rings (SSSR count). The molecule has 1 amide bonds. The Balaban J connectivity index is 1.97. The minimum absolute atomic E-state index is 0.0195. The second kappa shape index (κ2) is 3.87. The Labute approximate surface area is 107 Å². The molecule has 0 spiro atoms. The molecule has 0 unspecified atom stereocenters. The minimum atomic E-state index is -0.0195. The number of carbonyl (C=O) groups excluding carboxylic acids is 1. The average Bonchev–Trinajstić information content (AvgIpc) is 2.90. The lowest BCUT2D eigenvalue weighted by molar-refractivity contribution is 0.0647. The summed E-state index contributed by atoms with van der Waals surface area (Å²) < 4.78 is 0. The number of amides is 1. The highest BCUT2D eigenvalue weighted by atomic mass is 16.2. The van der Waals surface area contributed by atoms with Gasteiger partial charge in [-0.15, -0.1) is 0 Å². The molecule has 0 radical (unpaired) electrons. The third-order valence-electron chi connectivity index (χ3n) is 3.91. The van der Waals surface area contributed by atoms with Gasteiger partial charge in [0.05, 0.1) is 0 Å². The van der Waals surface area contributed by atoms with Crippen molar-refractivity contribution in [2.24, 2.45) is 0 Å². The van der Waals surface area contributed by atoms with E-state index in [4.69, 9.17) is 0 Å². The van der Waals surface area contributed by atoms with Gasteiger partial charge in [-0.25, -0.2) is 0 Å². The van der Waals surface area contributed by atoms with E-state index in [2.05, 4.69) is 18.8 Å². The van der Waals surface area contributed by atoms with Crippen molar-refractivity contribution in [1.29, 1.82) is 0 Å². The molecule has 1 aromatic carbocycles. The molecule has 3 nitrogen and oxygen atoms in total. The predicted octanol–water partition coefficient (Wildman–Crippen LogP) is 3.18. The van der Waals surface area contributed by atoms with E-state index in [1.807, 2.05) is 35.2 Å². The smallest absolute Gasteiger partial charge is 0.270 e. The molecule has 1 N–H and O–H groups in total. The number of H-pyrrole nitrogens is 1. The number of fused-ring (bicyclic) bond motifs is 1. The number of benzene rings is 1. The van der Waals surface area contributed by atoms with Crippen molar-refractivity contribution in [1.82, 2.24) is 9.88 Å². The van der Waals surface area contributed by atoms with Gasteiger partial charge in [0, 0.05) is 23.0 Å². The molecule has 1 aliphatic heterocycles. The monoisotopic (exact) mass is 242 g/mol. The molecule has 1 saturated heterocycles. The lowest BCUT2D eigenvalue weighted by Crippen LogP contribution is -2.42. The van der Waals surface area contributed by atoms with Crippen LogP contribution in [0.5, 0.6) is 0 Å². The van der Waals surface area contributed by atoms with E-state index >= 15 is 0 Å². The lowest BCUT2D eigenvalue weighted by atomic mass is 10.0. The van der Waals surface area contributed by atoms with Gasteiger partial charge >= 0.3 is 0 Å². The highest BCUT2D eigenvalue weighted by Crippen LogP contribution is 2.30. The topological polar surface area (TPSA) is 36.1 Å². The van der Waals surface area contributed by atoms with E-state index in [1.54, 1.807) is 0 Å². The minimum Gasteiger partial charge on any atom is -0.351 e. The molecular weight excluding hydrogens is 224 g/mol. The molecule has 1 aliphatic rings. The van der Waals surface area contributed by atoms with Crippen molar-refractivity contribution in [2.45, 2.75) is 32.2 Å². The summed E-state index contributed by atoms with van der Waals surface area (Å²) in [5.74, 6) is 0.119. The maximum absolute atomic E-state index is 12.5. The van der Waals surface area contributed by atoms with Crippen LogP contribution in [0, 0.1) is 0 Å². The van der Waals surface area contributed by atoms with Crippen molar-refractivity contribution in [3.05, 3.63) is 36.0 Å². The Morgan fingerprint density at radius 3 is 2.78 bits per heavy atom. The quantitative estimate of drug-likeness (QED) is 0.819. The lowest BCUT2D eigenvalue weighted by Gasteiger charge is -2.31. The van der Waals surface area contributed by atoms with Crippen LogP contribution in [0.2, 0.25) is 0 Å². The van der Waals surface area contributed by atoms with Crippen molar-refractivity contribution in [3.8, 4) is 0 Å². The Morgan fingerprint density at radius 1 is 1.33 bits per heavy atom.